The van der Waals surface area contributed by atoms with Crippen LogP contribution in [-0.4, -0.2) is 17.6 Å². The van der Waals surface area contributed by atoms with Gasteiger partial charge in [0.1, 0.15) is 0 Å². The van der Waals surface area contributed by atoms with Crippen LogP contribution in [0.5, 0.6) is 0 Å². The molecule has 0 spiro atoms. The average molecular weight is 225 g/mol. The molecule has 1 aromatic rings. The van der Waals surface area contributed by atoms with Crippen LogP contribution in [0.3, 0.4) is 0 Å². The first-order valence-electron chi connectivity index (χ1n) is 5.76. The summed E-state index contributed by atoms with van der Waals surface area (Å²) in [5.74, 6) is 0. The highest BCUT2D eigenvalue weighted by Crippen LogP contribution is 2.29. The highest BCUT2D eigenvalue weighted by atomic mass is 32.1. The molecule has 1 aromatic heterocycles. The maximum atomic E-state index is 5.61. The van der Waals surface area contributed by atoms with Crippen molar-refractivity contribution < 1.29 is 0 Å². The molecule has 84 valence electrons. The minimum Gasteiger partial charge on any atom is -0.345 e. The predicted molar refractivity (Wildman–Crippen MR) is 65.3 cm³/mol. The van der Waals surface area contributed by atoms with Crippen molar-refractivity contribution in [2.45, 2.75) is 45.2 Å². The number of piperidine rings is 1. The van der Waals surface area contributed by atoms with Crippen molar-refractivity contribution in [2.75, 3.05) is 11.4 Å². The third kappa shape index (κ3) is 2.32. The van der Waals surface area contributed by atoms with Gasteiger partial charge in [0.2, 0.25) is 0 Å². The smallest absolute Gasteiger partial charge is 0.185 e. The predicted octanol–water partition coefficient (Wildman–Crippen LogP) is 2.37. The summed E-state index contributed by atoms with van der Waals surface area (Å²) in [5.41, 5.74) is 5.61. The average Bonchev–Trinajstić information content (AvgIpc) is 2.77. The van der Waals surface area contributed by atoms with Gasteiger partial charge in [-0.15, -0.1) is 11.3 Å². The van der Waals surface area contributed by atoms with Crippen molar-refractivity contribution in [1.29, 1.82) is 0 Å². The lowest BCUT2D eigenvalue weighted by molar-refractivity contribution is 0.449. The second kappa shape index (κ2) is 4.94. The SMILES string of the molecule is CCC1CCCCN1c1ncc(CN)s1. The molecule has 1 fully saturated rings. The van der Waals surface area contributed by atoms with Gasteiger partial charge in [-0.05, 0) is 25.7 Å². The molecule has 0 saturated carbocycles. The van der Waals surface area contributed by atoms with E-state index in [1.165, 1.54) is 35.7 Å². The third-order valence-corrected chi connectivity index (χ3v) is 4.14. The zero-order valence-corrected chi connectivity index (χ0v) is 10.1. The van der Waals surface area contributed by atoms with Gasteiger partial charge >= 0.3 is 0 Å². The molecular formula is C11H19N3S. The van der Waals surface area contributed by atoms with E-state index in [1.807, 2.05) is 6.20 Å². The van der Waals surface area contributed by atoms with Crippen LogP contribution in [0.1, 0.15) is 37.5 Å². The first-order valence-corrected chi connectivity index (χ1v) is 6.58. The molecule has 1 aliphatic rings. The van der Waals surface area contributed by atoms with E-state index in [4.69, 9.17) is 5.73 Å². The number of hydrogen-bond acceptors (Lipinski definition) is 4. The first-order chi connectivity index (χ1) is 7.35. The summed E-state index contributed by atoms with van der Waals surface area (Å²) in [5, 5.41) is 1.17. The molecule has 15 heavy (non-hydrogen) atoms. The van der Waals surface area contributed by atoms with E-state index in [-0.39, 0.29) is 0 Å². The summed E-state index contributed by atoms with van der Waals surface area (Å²) in [7, 11) is 0. The Morgan fingerprint density at radius 2 is 2.47 bits per heavy atom. The standard InChI is InChI=1S/C11H19N3S/c1-2-9-5-3-4-6-14(9)11-13-8-10(7-12)15-11/h8-9H,2-7,12H2,1H3. The van der Waals surface area contributed by atoms with Crippen LogP contribution in [0.25, 0.3) is 0 Å². The normalized spacial score (nSPS) is 22.0. The monoisotopic (exact) mass is 225 g/mol. The molecule has 1 atom stereocenters. The van der Waals surface area contributed by atoms with Crippen LogP contribution in [0, 0.1) is 0 Å². The molecule has 1 saturated heterocycles. The number of nitrogens with zero attached hydrogens (tertiary/aromatic N) is 2. The number of hydrogen-bond donors (Lipinski definition) is 1. The van der Waals surface area contributed by atoms with Crippen molar-refractivity contribution in [3.05, 3.63) is 11.1 Å². The topological polar surface area (TPSA) is 42.2 Å². The summed E-state index contributed by atoms with van der Waals surface area (Å²) in [6.45, 7) is 4.04. The van der Waals surface area contributed by atoms with Gasteiger partial charge in [0, 0.05) is 30.2 Å². The zero-order valence-electron chi connectivity index (χ0n) is 9.28. The van der Waals surface area contributed by atoms with Gasteiger partial charge in [-0.3, -0.25) is 0 Å². The summed E-state index contributed by atoms with van der Waals surface area (Å²) in [4.78, 5) is 8.12. The molecule has 1 unspecified atom stereocenters. The first kappa shape index (κ1) is 10.9. The largest absolute Gasteiger partial charge is 0.345 e. The number of nitrogens with two attached hydrogens (primary N) is 1. The van der Waals surface area contributed by atoms with E-state index in [2.05, 4.69) is 16.8 Å². The van der Waals surface area contributed by atoms with Gasteiger partial charge in [-0.2, -0.15) is 0 Å². The molecule has 0 bridgehead atoms. The van der Waals surface area contributed by atoms with Crippen LogP contribution in [0.4, 0.5) is 5.13 Å². The summed E-state index contributed by atoms with van der Waals surface area (Å²) < 4.78 is 0. The highest BCUT2D eigenvalue weighted by Gasteiger charge is 2.22. The van der Waals surface area contributed by atoms with Gasteiger partial charge in [0.15, 0.2) is 5.13 Å². The minimum absolute atomic E-state index is 0.613. The van der Waals surface area contributed by atoms with Crippen molar-refractivity contribution in [1.82, 2.24) is 4.98 Å². The Kier molecular flexibility index (Phi) is 3.59. The van der Waals surface area contributed by atoms with Crippen molar-refractivity contribution >= 4 is 16.5 Å². The molecule has 2 heterocycles. The maximum absolute atomic E-state index is 5.61. The number of anilines is 1. The lowest BCUT2D eigenvalue weighted by atomic mass is 10.0. The van der Waals surface area contributed by atoms with Gasteiger partial charge in [-0.1, -0.05) is 6.92 Å². The number of rotatable bonds is 3. The quantitative estimate of drug-likeness (QED) is 0.858. The molecule has 0 amide bonds. The van der Waals surface area contributed by atoms with Crippen LogP contribution in [0.2, 0.25) is 0 Å². The number of thiazole rings is 1. The molecule has 0 aliphatic carbocycles. The summed E-state index contributed by atoms with van der Waals surface area (Å²) >= 11 is 1.75. The van der Waals surface area contributed by atoms with Crippen LogP contribution >= 0.6 is 11.3 Å². The van der Waals surface area contributed by atoms with Crippen LogP contribution in [0.15, 0.2) is 6.20 Å². The molecule has 2 N–H and O–H groups in total. The molecule has 1 aliphatic heterocycles. The minimum atomic E-state index is 0.613. The molecule has 0 aromatic carbocycles. The zero-order chi connectivity index (χ0) is 10.7. The van der Waals surface area contributed by atoms with E-state index in [0.29, 0.717) is 12.6 Å². The Morgan fingerprint density at radius 1 is 1.60 bits per heavy atom. The second-order valence-corrected chi connectivity index (χ2v) is 5.16. The van der Waals surface area contributed by atoms with Crippen molar-refractivity contribution in [2.24, 2.45) is 5.73 Å². The highest BCUT2D eigenvalue weighted by molar-refractivity contribution is 7.15. The van der Waals surface area contributed by atoms with E-state index in [1.54, 1.807) is 11.3 Å². The maximum Gasteiger partial charge on any atom is 0.185 e. The molecule has 3 nitrogen and oxygen atoms in total. The van der Waals surface area contributed by atoms with E-state index >= 15 is 0 Å². The Morgan fingerprint density at radius 3 is 3.13 bits per heavy atom. The lowest BCUT2D eigenvalue weighted by Gasteiger charge is -2.34. The fourth-order valence-electron chi connectivity index (χ4n) is 2.20. The molecule has 0 radical (unpaired) electrons. The van der Waals surface area contributed by atoms with E-state index in [0.717, 1.165) is 6.54 Å². The third-order valence-electron chi connectivity index (χ3n) is 3.09. The van der Waals surface area contributed by atoms with Crippen LogP contribution < -0.4 is 10.6 Å². The van der Waals surface area contributed by atoms with E-state index < -0.39 is 0 Å². The van der Waals surface area contributed by atoms with Crippen LogP contribution in [-0.2, 0) is 6.54 Å². The fourth-order valence-corrected chi connectivity index (χ4v) is 3.09. The molecular weight excluding hydrogens is 206 g/mol. The van der Waals surface area contributed by atoms with Crippen molar-refractivity contribution in [3.8, 4) is 0 Å². The second-order valence-electron chi connectivity index (χ2n) is 4.06. The summed E-state index contributed by atoms with van der Waals surface area (Å²) in [6.07, 6.45) is 7.12. The van der Waals surface area contributed by atoms with Crippen molar-refractivity contribution in [3.63, 3.8) is 0 Å². The van der Waals surface area contributed by atoms with Gasteiger partial charge in [-0.25, -0.2) is 4.98 Å². The van der Waals surface area contributed by atoms with Gasteiger partial charge < -0.3 is 10.6 Å². The van der Waals surface area contributed by atoms with Gasteiger partial charge in [0.25, 0.3) is 0 Å². The molecule has 2 rings (SSSR count). The number of aromatic nitrogens is 1. The Hall–Kier alpha value is -0.610. The summed E-state index contributed by atoms with van der Waals surface area (Å²) in [6, 6.07) is 0.690. The lowest BCUT2D eigenvalue weighted by Crippen LogP contribution is -2.38. The molecule has 4 heteroatoms. The fraction of sp³-hybridized carbons (Fsp3) is 0.727. The Labute approximate surface area is 95.3 Å². The van der Waals surface area contributed by atoms with E-state index in [9.17, 15) is 0 Å². The Bertz CT molecular complexity index is 311. The van der Waals surface area contributed by atoms with Gasteiger partial charge in [0.05, 0.1) is 0 Å². The Balaban J connectivity index is 2.12.